The molecule has 1 aromatic carbocycles. The zero-order chi connectivity index (χ0) is 19.5. The average molecular weight is 422 g/mol. The molecule has 1 saturated heterocycles. The van der Waals surface area contributed by atoms with Crippen LogP contribution < -0.4 is 20.5 Å². The number of hydrogen-bond acceptors (Lipinski definition) is 7. The number of amides is 2. The van der Waals surface area contributed by atoms with Crippen LogP contribution in [0.1, 0.15) is 6.42 Å². The van der Waals surface area contributed by atoms with Gasteiger partial charge in [-0.1, -0.05) is 17.7 Å². The lowest BCUT2D eigenvalue weighted by Gasteiger charge is -2.23. The Balaban J connectivity index is 1.31. The van der Waals surface area contributed by atoms with Gasteiger partial charge in [0.25, 0.3) is 0 Å². The van der Waals surface area contributed by atoms with Crippen LogP contribution in [-0.2, 0) is 9.53 Å². The number of allylic oxidation sites excluding steroid dienone is 1. The van der Waals surface area contributed by atoms with Crippen molar-refractivity contribution in [2.45, 2.75) is 17.8 Å². The second-order valence-electron chi connectivity index (χ2n) is 6.57. The molecule has 1 aromatic rings. The van der Waals surface area contributed by atoms with Crippen LogP contribution in [0.25, 0.3) is 0 Å². The van der Waals surface area contributed by atoms with Crippen molar-refractivity contribution in [1.29, 1.82) is 0 Å². The lowest BCUT2D eigenvalue weighted by Crippen LogP contribution is -2.38. The number of benzene rings is 1. The van der Waals surface area contributed by atoms with Crippen molar-refractivity contribution in [2.75, 3.05) is 36.0 Å². The number of hydrogen-bond donors (Lipinski definition) is 2. The molecule has 0 bridgehead atoms. The van der Waals surface area contributed by atoms with E-state index in [4.69, 9.17) is 16.3 Å². The molecule has 0 aliphatic carbocycles. The Kier molecular flexibility index (Phi) is 5.63. The molecule has 3 aliphatic heterocycles. The van der Waals surface area contributed by atoms with Crippen LogP contribution in [0.15, 0.2) is 39.8 Å². The van der Waals surface area contributed by atoms with Crippen LogP contribution in [0.5, 0.6) is 0 Å². The average Bonchev–Trinajstić information content (AvgIpc) is 3.32. The fraction of sp³-hybridized carbons (Fsp3) is 0.389. The third-order valence-electron chi connectivity index (χ3n) is 4.66. The summed E-state index contributed by atoms with van der Waals surface area (Å²) in [5, 5.41) is 6.69. The van der Waals surface area contributed by atoms with Gasteiger partial charge in [0.2, 0.25) is 5.91 Å². The number of ether oxygens (including phenoxy) is 1. The molecule has 2 atom stereocenters. The Morgan fingerprint density at radius 2 is 2.14 bits per heavy atom. The number of halogens is 1. The normalized spacial score (nSPS) is 24.0. The van der Waals surface area contributed by atoms with E-state index in [1.54, 1.807) is 11.2 Å². The Bertz CT molecular complexity index is 816. The monoisotopic (exact) mass is 421 g/mol. The molecule has 8 nitrogen and oxygen atoms in total. The zero-order valence-corrected chi connectivity index (χ0v) is 16.6. The molecule has 0 aromatic heterocycles. The highest BCUT2D eigenvalue weighted by Gasteiger charge is 2.33. The van der Waals surface area contributed by atoms with Crippen LogP contribution in [0.4, 0.5) is 16.2 Å². The fourth-order valence-electron chi connectivity index (χ4n) is 3.18. The predicted octanol–water partition coefficient (Wildman–Crippen LogP) is 2.07. The first-order chi connectivity index (χ1) is 13.6. The zero-order valence-electron chi connectivity index (χ0n) is 15.0. The van der Waals surface area contributed by atoms with Crippen molar-refractivity contribution >= 4 is 53.1 Å². The number of rotatable bonds is 5. The summed E-state index contributed by atoms with van der Waals surface area (Å²) in [5.74, 6) is -0.0894. The second kappa shape index (κ2) is 8.32. The summed E-state index contributed by atoms with van der Waals surface area (Å²) in [6.45, 7) is 2.29. The maximum Gasteiger partial charge on any atom is 0.414 e. The van der Waals surface area contributed by atoms with Crippen molar-refractivity contribution < 1.29 is 14.3 Å². The van der Waals surface area contributed by atoms with Gasteiger partial charge in [-0.3, -0.25) is 9.69 Å². The minimum atomic E-state index is -0.407. The third-order valence-corrected chi connectivity index (χ3v) is 6.17. The lowest BCUT2D eigenvalue weighted by atomic mass is 10.2. The molecule has 28 heavy (non-hydrogen) atoms. The first-order valence-corrected chi connectivity index (χ1v) is 10.3. The smallest absolute Gasteiger partial charge is 0.414 e. The Morgan fingerprint density at radius 3 is 2.82 bits per heavy atom. The van der Waals surface area contributed by atoms with E-state index in [-0.39, 0.29) is 23.8 Å². The number of nitrogens with zero attached hydrogens (tertiary/aromatic N) is 3. The van der Waals surface area contributed by atoms with Gasteiger partial charge in [-0.25, -0.2) is 4.79 Å². The number of carbonyl (C=O) groups excluding carboxylic acids is 2. The van der Waals surface area contributed by atoms with Crippen molar-refractivity contribution in [2.24, 2.45) is 5.10 Å². The summed E-state index contributed by atoms with van der Waals surface area (Å²) in [5.41, 5.74) is 4.68. The van der Waals surface area contributed by atoms with E-state index in [2.05, 4.69) is 15.8 Å². The first kappa shape index (κ1) is 18.9. The summed E-state index contributed by atoms with van der Waals surface area (Å²) in [6, 6.07) is 7.67. The van der Waals surface area contributed by atoms with Crippen molar-refractivity contribution in [3.05, 3.63) is 34.7 Å². The highest BCUT2D eigenvalue weighted by atomic mass is 35.5. The van der Waals surface area contributed by atoms with Gasteiger partial charge in [-0.2, -0.15) is 5.10 Å². The molecule has 2 amide bonds. The molecule has 0 saturated carbocycles. The SMILES string of the molecule is O=C(NC[C@H]1CN(c2ccc(N3C=NNCC3)cc2)C(=O)O1)C1CC=C(Cl)S1. The first-order valence-electron chi connectivity index (χ1n) is 9.01. The third kappa shape index (κ3) is 4.20. The lowest BCUT2D eigenvalue weighted by molar-refractivity contribution is -0.120. The predicted molar refractivity (Wildman–Crippen MR) is 111 cm³/mol. The summed E-state index contributed by atoms with van der Waals surface area (Å²) in [7, 11) is 0. The maximum atomic E-state index is 12.2. The molecule has 4 rings (SSSR count). The van der Waals surface area contributed by atoms with E-state index >= 15 is 0 Å². The Labute approximate surface area is 171 Å². The molecule has 148 valence electrons. The quantitative estimate of drug-likeness (QED) is 0.757. The molecule has 10 heteroatoms. The fourth-order valence-corrected chi connectivity index (χ4v) is 4.44. The van der Waals surface area contributed by atoms with Crippen LogP contribution in [0.3, 0.4) is 0 Å². The van der Waals surface area contributed by atoms with Crippen LogP contribution in [-0.4, -0.2) is 55.9 Å². The van der Waals surface area contributed by atoms with Crippen molar-refractivity contribution in [3.8, 4) is 0 Å². The summed E-state index contributed by atoms with van der Waals surface area (Å²) < 4.78 is 6.04. The minimum Gasteiger partial charge on any atom is -0.442 e. The molecule has 0 spiro atoms. The molecule has 3 aliphatic rings. The Hall–Kier alpha value is -2.39. The van der Waals surface area contributed by atoms with E-state index in [1.807, 2.05) is 35.2 Å². The second-order valence-corrected chi connectivity index (χ2v) is 8.45. The number of nitrogens with one attached hydrogen (secondary N) is 2. The number of anilines is 2. The van der Waals surface area contributed by atoms with E-state index in [0.29, 0.717) is 17.3 Å². The van der Waals surface area contributed by atoms with Gasteiger partial charge in [0, 0.05) is 17.9 Å². The summed E-state index contributed by atoms with van der Waals surface area (Å²) >= 11 is 7.25. The molecule has 1 unspecified atom stereocenters. The van der Waals surface area contributed by atoms with Gasteiger partial charge in [0.05, 0.1) is 29.2 Å². The van der Waals surface area contributed by atoms with Gasteiger partial charge in [-0.15, -0.1) is 11.8 Å². The van der Waals surface area contributed by atoms with Crippen molar-refractivity contribution in [3.63, 3.8) is 0 Å². The highest BCUT2D eigenvalue weighted by Crippen LogP contribution is 2.34. The molecular formula is C18H20ClN5O3S. The van der Waals surface area contributed by atoms with Crippen LogP contribution >= 0.6 is 23.4 Å². The largest absolute Gasteiger partial charge is 0.442 e. The molecule has 1 fully saturated rings. The number of thioether (sulfide) groups is 1. The van der Waals surface area contributed by atoms with Crippen LogP contribution in [0.2, 0.25) is 0 Å². The van der Waals surface area contributed by atoms with Gasteiger partial charge >= 0.3 is 6.09 Å². The maximum absolute atomic E-state index is 12.2. The standard InChI is InChI=1S/C18H20ClN5O3S/c19-16-6-5-15(28-16)17(25)20-9-14-10-24(18(26)27-14)13-3-1-12(2-4-13)23-8-7-21-22-11-23/h1-4,6,11,14-15,21H,5,7-10H2,(H,20,25)/t14-,15?/m0/s1. The number of carbonyl (C=O) groups is 2. The topological polar surface area (TPSA) is 86.3 Å². The van der Waals surface area contributed by atoms with E-state index in [1.165, 1.54) is 11.8 Å². The molecule has 3 heterocycles. The van der Waals surface area contributed by atoms with E-state index in [9.17, 15) is 9.59 Å². The molecule has 2 N–H and O–H groups in total. The number of hydrazone groups is 1. The van der Waals surface area contributed by atoms with E-state index < -0.39 is 6.09 Å². The van der Waals surface area contributed by atoms with Crippen molar-refractivity contribution in [1.82, 2.24) is 10.7 Å². The molecular weight excluding hydrogens is 402 g/mol. The number of cyclic esters (lactones) is 1. The highest BCUT2D eigenvalue weighted by molar-refractivity contribution is 8.06. The summed E-state index contributed by atoms with van der Waals surface area (Å²) in [6.07, 6.45) is 3.41. The van der Waals surface area contributed by atoms with Gasteiger partial charge in [0.1, 0.15) is 12.4 Å². The van der Waals surface area contributed by atoms with Crippen LogP contribution in [0, 0.1) is 0 Å². The van der Waals surface area contributed by atoms with Gasteiger partial charge < -0.3 is 20.4 Å². The Morgan fingerprint density at radius 1 is 1.36 bits per heavy atom. The minimum absolute atomic E-state index is 0.0894. The van der Waals surface area contributed by atoms with E-state index in [0.717, 1.165) is 24.5 Å². The van der Waals surface area contributed by atoms with Gasteiger partial charge in [-0.05, 0) is 30.7 Å². The summed E-state index contributed by atoms with van der Waals surface area (Å²) in [4.78, 5) is 28.0. The molecule has 0 radical (unpaired) electrons. The van der Waals surface area contributed by atoms with Gasteiger partial charge in [0.15, 0.2) is 0 Å².